The molecule has 80 valence electrons. The molecule has 5 nitrogen and oxygen atoms in total. The molecule has 0 aromatic carbocycles. The number of nitrogens with one attached hydrogen (secondary N) is 1. The van der Waals surface area contributed by atoms with Gasteiger partial charge in [0.25, 0.3) is 0 Å². The van der Waals surface area contributed by atoms with Crippen LogP contribution in [0.25, 0.3) is 0 Å². The van der Waals surface area contributed by atoms with Crippen LogP contribution >= 0.6 is 0 Å². The van der Waals surface area contributed by atoms with Crippen LogP contribution < -0.4 is 5.32 Å². The fourth-order valence-electron chi connectivity index (χ4n) is 2.07. The van der Waals surface area contributed by atoms with Crippen LogP contribution in [0.2, 0.25) is 0 Å². The molecule has 0 saturated carbocycles. The van der Waals surface area contributed by atoms with E-state index in [0.29, 0.717) is 13.0 Å². The molecule has 2 aliphatic rings. The maximum atomic E-state index is 11.3. The van der Waals surface area contributed by atoms with E-state index in [2.05, 4.69) is 5.32 Å². The van der Waals surface area contributed by atoms with E-state index in [1.807, 2.05) is 0 Å². The average molecular weight is 201 g/mol. The third-order valence-corrected chi connectivity index (χ3v) is 2.91. The second-order valence-electron chi connectivity index (χ2n) is 3.82. The van der Waals surface area contributed by atoms with Gasteiger partial charge in [-0.05, 0) is 13.0 Å². The van der Waals surface area contributed by atoms with Gasteiger partial charge < -0.3 is 10.1 Å². The Morgan fingerprint density at radius 2 is 2.43 bits per heavy atom. The highest BCUT2D eigenvalue weighted by molar-refractivity contribution is 5.75. The first-order chi connectivity index (χ1) is 6.76. The molecule has 1 N–H and O–H groups in total. The number of hydrogen-bond acceptors (Lipinski definition) is 5. The highest BCUT2D eigenvalue weighted by Gasteiger charge is 2.44. The Labute approximate surface area is 82.6 Å². The molecule has 0 amide bonds. The lowest BCUT2D eigenvalue weighted by molar-refractivity contribution is -0.314. The third kappa shape index (κ3) is 1.75. The molecule has 2 fully saturated rings. The summed E-state index contributed by atoms with van der Waals surface area (Å²) >= 11 is 0. The van der Waals surface area contributed by atoms with Gasteiger partial charge in [0.15, 0.2) is 0 Å². The van der Waals surface area contributed by atoms with Crippen LogP contribution in [-0.2, 0) is 19.3 Å². The van der Waals surface area contributed by atoms with Crippen molar-refractivity contribution in [3.05, 3.63) is 0 Å². The van der Waals surface area contributed by atoms with Crippen LogP contribution in [0.4, 0.5) is 0 Å². The third-order valence-electron chi connectivity index (χ3n) is 2.91. The minimum Gasteiger partial charge on any atom is -0.468 e. The summed E-state index contributed by atoms with van der Waals surface area (Å²) in [6.45, 7) is 1.39. The second kappa shape index (κ2) is 3.84. The summed E-state index contributed by atoms with van der Waals surface area (Å²) in [5.74, 6) is -0.223. The summed E-state index contributed by atoms with van der Waals surface area (Å²) in [4.78, 5) is 21.5. The second-order valence-corrected chi connectivity index (χ2v) is 3.82. The predicted molar refractivity (Wildman–Crippen MR) is 47.4 cm³/mol. The highest BCUT2D eigenvalue weighted by atomic mass is 17.2. The van der Waals surface area contributed by atoms with Gasteiger partial charge in [0, 0.05) is 12.8 Å². The molecule has 1 spiro atoms. The standard InChI is InChI=1S/C9H15NO4/c1-12-8(11)7-6-9(2-4-10-7)3-5-13-14-9/h7,10H,2-6H2,1H3. The van der Waals surface area contributed by atoms with Crippen molar-refractivity contribution in [2.45, 2.75) is 30.9 Å². The Kier molecular flexibility index (Phi) is 2.71. The lowest BCUT2D eigenvalue weighted by Gasteiger charge is -2.34. The summed E-state index contributed by atoms with van der Waals surface area (Å²) in [5.41, 5.74) is -0.260. The summed E-state index contributed by atoms with van der Waals surface area (Å²) in [5, 5.41) is 3.11. The van der Waals surface area contributed by atoms with Crippen molar-refractivity contribution < 1.29 is 19.3 Å². The molecule has 2 heterocycles. The summed E-state index contributed by atoms with van der Waals surface area (Å²) < 4.78 is 4.69. The van der Waals surface area contributed by atoms with Crippen molar-refractivity contribution >= 4 is 5.97 Å². The smallest absolute Gasteiger partial charge is 0.322 e. The van der Waals surface area contributed by atoms with Crippen LogP contribution in [0, 0.1) is 0 Å². The van der Waals surface area contributed by atoms with Crippen LogP contribution in [0.1, 0.15) is 19.3 Å². The summed E-state index contributed by atoms with van der Waals surface area (Å²) in [6, 6.07) is -0.254. The van der Waals surface area contributed by atoms with E-state index < -0.39 is 0 Å². The number of piperidine rings is 1. The average Bonchev–Trinajstić information content (AvgIpc) is 2.65. The first kappa shape index (κ1) is 9.89. The van der Waals surface area contributed by atoms with E-state index in [-0.39, 0.29) is 17.6 Å². The van der Waals surface area contributed by atoms with E-state index in [0.717, 1.165) is 19.4 Å². The normalized spacial score (nSPS) is 37.4. The predicted octanol–water partition coefficient (Wildman–Crippen LogP) is 0.00210. The number of ether oxygens (including phenoxy) is 1. The van der Waals surface area contributed by atoms with Crippen molar-refractivity contribution in [1.82, 2.24) is 5.32 Å². The van der Waals surface area contributed by atoms with Gasteiger partial charge in [-0.15, -0.1) is 0 Å². The number of esters is 1. The molecule has 0 aliphatic carbocycles. The van der Waals surface area contributed by atoms with Gasteiger partial charge in [-0.1, -0.05) is 0 Å². The molecule has 2 saturated heterocycles. The van der Waals surface area contributed by atoms with E-state index in [1.165, 1.54) is 7.11 Å². The highest BCUT2D eigenvalue weighted by Crippen LogP contribution is 2.34. The first-order valence-corrected chi connectivity index (χ1v) is 4.88. The van der Waals surface area contributed by atoms with Crippen LogP contribution in [-0.4, -0.2) is 37.9 Å². The molecule has 5 heteroatoms. The molecular weight excluding hydrogens is 186 g/mol. The van der Waals surface area contributed by atoms with Crippen molar-refractivity contribution in [1.29, 1.82) is 0 Å². The fourth-order valence-corrected chi connectivity index (χ4v) is 2.07. The van der Waals surface area contributed by atoms with Crippen molar-refractivity contribution in [2.75, 3.05) is 20.3 Å². The molecule has 0 aromatic rings. The minimum absolute atomic E-state index is 0.223. The van der Waals surface area contributed by atoms with Crippen LogP contribution in [0.3, 0.4) is 0 Å². The van der Waals surface area contributed by atoms with Crippen molar-refractivity contribution in [2.24, 2.45) is 0 Å². The Balaban J connectivity index is 1.99. The lowest BCUT2D eigenvalue weighted by Crippen LogP contribution is -2.51. The number of hydrogen-bond donors (Lipinski definition) is 1. The molecule has 0 aromatic heterocycles. The zero-order valence-electron chi connectivity index (χ0n) is 8.25. The number of carbonyl (C=O) groups excluding carboxylic acids is 1. The van der Waals surface area contributed by atoms with Gasteiger partial charge in [-0.3, -0.25) is 4.79 Å². The lowest BCUT2D eigenvalue weighted by atomic mass is 9.85. The van der Waals surface area contributed by atoms with E-state index in [1.54, 1.807) is 0 Å². The molecule has 2 aliphatic heterocycles. The Bertz CT molecular complexity index is 225. The minimum atomic E-state index is -0.260. The van der Waals surface area contributed by atoms with E-state index in [4.69, 9.17) is 14.5 Å². The molecule has 0 radical (unpaired) electrons. The summed E-state index contributed by atoms with van der Waals surface area (Å²) in [7, 11) is 1.40. The molecule has 14 heavy (non-hydrogen) atoms. The summed E-state index contributed by atoms with van der Waals surface area (Å²) in [6.07, 6.45) is 2.39. The first-order valence-electron chi connectivity index (χ1n) is 4.88. The largest absolute Gasteiger partial charge is 0.468 e. The monoisotopic (exact) mass is 201 g/mol. The van der Waals surface area contributed by atoms with E-state index in [9.17, 15) is 4.79 Å². The molecular formula is C9H15NO4. The zero-order valence-corrected chi connectivity index (χ0v) is 8.25. The number of methoxy groups -OCH3 is 1. The van der Waals surface area contributed by atoms with E-state index >= 15 is 0 Å². The maximum absolute atomic E-state index is 11.3. The van der Waals surface area contributed by atoms with Gasteiger partial charge in [-0.2, -0.15) is 0 Å². The van der Waals surface area contributed by atoms with Gasteiger partial charge in [0.1, 0.15) is 11.6 Å². The zero-order chi connectivity index (χ0) is 10.0. The van der Waals surface area contributed by atoms with Crippen molar-refractivity contribution in [3.63, 3.8) is 0 Å². The quantitative estimate of drug-likeness (QED) is 0.478. The molecule has 2 atom stereocenters. The Hall–Kier alpha value is -0.650. The fraction of sp³-hybridized carbons (Fsp3) is 0.889. The van der Waals surface area contributed by atoms with Gasteiger partial charge in [-0.25, -0.2) is 9.78 Å². The molecule has 2 unspecified atom stereocenters. The molecule has 0 bridgehead atoms. The molecule has 2 rings (SSSR count). The van der Waals surface area contributed by atoms with Gasteiger partial charge in [0.2, 0.25) is 0 Å². The van der Waals surface area contributed by atoms with Crippen LogP contribution in [0.15, 0.2) is 0 Å². The number of carbonyl (C=O) groups is 1. The Morgan fingerprint density at radius 1 is 1.57 bits per heavy atom. The topological polar surface area (TPSA) is 56.8 Å². The number of rotatable bonds is 1. The van der Waals surface area contributed by atoms with Crippen molar-refractivity contribution in [3.8, 4) is 0 Å². The maximum Gasteiger partial charge on any atom is 0.322 e. The van der Waals surface area contributed by atoms with Gasteiger partial charge >= 0.3 is 5.97 Å². The Morgan fingerprint density at radius 3 is 3.07 bits per heavy atom. The van der Waals surface area contributed by atoms with Crippen LogP contribution in [0.5, 0.6) is 0 Å². The SMILES string of the molecule is COC(=O)C1CC2(CCN1)CCOO2. The van der Waals surface area contributed by atoms with Gasteiger partial charge in [0.05, 0.1) is 13.7 Å².